The van der Waals surface area contributed by atoms with Crippen molar-refractivity contribution in [1.82, 2.24) is 19.8 Å². The number of nitrogens with zero attached hydrogens (tertiary/aromatic N) is 3. The molecule has 1 aliphatic heterocycles. The summed E-state index contributed by atoms with van der Waals surface area (Å²) in [7, 11) is -5.25. The Kier molecular flexibility index (Phi) is 13.1. The first-order chi connectivity index (χ1) is 13.4. The Balaban J connectivity index is 0.00000841. The summed E-state index contributed by atoms with van der Waals surface area (Å²) in [4.78, 5) is 6.96. The zero-order chi connectivity index (χ0) is 22.2. The number of nitrogens with one attached hydrogen (secondary N) is 2. The predicted octanol–water partition coefficient (Wildman–Crippen LogP) is 2.98. The number of hydrogen-bond donors (Lipinski definition) is 2. The third kappa shape index (κ3) is 9.03. The fourth-order valence-corrected chi connectivity index (χ4v) is 4.44. The number of sulfonamides is 1. The van der Waals surface area contributed by atoms with Crippen molar-refractivity contribution in [2.75, 3.05) is 32.7 Å². The van der Waals surface area contributed by atoms with Gasteiger partial charge in [-0.05, 0) is 53.9 Å². The molecule has 1 aliphatic rings. The van der Waals surface area contributed by atoms with Crippen LogP contribution in [0.5, 0.6) is 0 Å². The number of alkyl halides is 3. The van der Waals surface area contributed by atoms with Crippen molar-refractivity contribution in [3.05, 3.63) is 0 Å². The summed E-state index contributed by atoms with van der Waals surface area (Å²) in [5.41, 5.74) is -5.25. The van der Waals surface area contributed by atoms with Crippen molar-refractivity contribution in [1.29, 1.82) is 0 Å². The summed E-state index contributed by atoms with van der Waals surface area (Å²) in [6.07, 6.45) is 1.50. The highest BCUT2D eigenvalue weighted by molar-refractivity contribution is 14.0. The number of halogens is 4. The molecule has 1 rings (SSSR count). The van der Waals surface area contributed by atoms with Gasteiger partial charge in [-0.15, -0.1) is 24.0 Å². The third-order valence-corrected chi connectivity index (χ3v) is 6.57. The molecule has 1 fully saturated rings. The lowest BCUT2D eigenvalue weighted by molar-refractivity contribution is -0.0494. The molecule has 2 N–H and O–H groups in total. The molecule has 0 aromatic rings. The molecule has 30 heavy (non-hydrogen) atoms. The van der Waals surface area contributed by atoms with Crippen LogP contribution in [0.4, 0.5) is 13.2 Å². The minimum atomic E-state index is -5.25. The Morgan fingerprint density at radius 3 is 2.13 bits per heavy atom. The van der Waals surface area contributed by atoms with Crippen LogP contribution in [0.25, 0.3) is 0 Å². The van der Waals surface area contributed by atoms with Gasteiger partial charge in [0.15, 0.2) is 5.96 Å². The minimum Gasteiger partial charge on any atom is -0.357 e. The molecule has 0 amide bonds. The summed E-state index contributed by atoms with van der Waals surface area (Å²) >= 11 is 0. The number of hydrogen-bond acceptors (Lipinski definition) is 4. The SMILES string of the molecule is CCNC(=NCCCN(C(C)C)C(C)C)NC1CCN(S(=O)(=O)C(F)(F)F)CC1.I. The van der Waals surface area contributed by atoms with Gasteiger partial charge in [-0.3, -0.25) is 9.89 Å². The smallest absolute Gasteiger partial charge is 0.357 e. The fraction of sp³-hybridized carbons (Fsp3) is 0.944. The van der Waals surface area contributed by atoms with E-state index in [1.165, 1.54) is 0 Å². The van der Waals surface area contributed by atoms with Crippen molar-refractivity contribution in [2.45, 2.75) is 77.5 Å². The van der Waals surface area contributed by atoms with Crippen LogP contribution in [0.15, 0.2) is 4.99 Å². The molecule has 0 radical (unpaired) electrons. The average molecular weight is 571 g/mol. The quantitative estimate of drug-likeness (QED) is 0.193. The molecule has 180 valence electrons. The minimum absolute atomic E-state index is 0. The van der Waals surface area contributed by atoms with E-state index in [1.54, 1.807) is 0 Å². The molecular weight excluding hydrogens is 534 g/mol. The van der Waals surface area contributed by atoms with E-state index in [4.69, 9.17) is 0 Å². The van der Waals surface area contributed by atoms with Gasteiger partial charge in [0.2, 0.25) is 0 Å². The maximum atomic E-state index is 12.7. The highest BCUT2D eigenvalue weighted by Crippen LogP contribution is 2.28. The molecule has 0 saturated carbocycles. The predicted molar refractivity (Wildman–Crippen MR) is 126 cm³/mol. The second-order valence-electron chi connectivity index (χ2n) is 7.81. The first-order valence-electron chi connectivity index (χ1n) is 10.3. The van der Waals surface area contributed by atoms with Gasteiger partial charge >= 0.3 is 15.5 Å². The molecule has 0 bridgehead atoms. The first-order valence-corrected chi connectivity index (χ1v) is 11.7. The van der Waals surface area contributed by atoms with Crippen molar-refractivity contribution in [3.63, 3.8) is 0 Å². The Hall–Kier alpha value is -0.340. The normalized spacial score (nSPS) is 17.5. The number of guanidine groups is 1. The van der Waals surface area contributed by atoms with Crippen molar-refractivity contribution in [3.8, 4) is 0 Å². The van der Waals surface area contributed by atoms with E-state index in [1.807, 2.05) is 6.92 Å². The molecular formula is C18H37F3IN5O2S. The van der Waals surface area contributed by atoms with Gasteiger partial charge in [-0.25, -0.2) is 8.42 Å². The first kappa shape index (κ1) is 29.7. The van der Waals surface area contributed by atoms with Crippen LogP contribution in [0, 0.1) is 0 Å². The van der Waals surface area contributed by atoms with Gasteiger partial charge in [0.1, 0.15) is 0 Å². The molecule has 0 aromatic heterocycles. The topological polar surface area (TPSA) is 77.0 Å². The van der Waals surface area contributed by atoms with E-state index < -0.39 is 15.5 Å². The van der Waals surface area contributed by atoms with Crippen LogP contribution in [0.2, 0.25) is 0 Å². The molecule has 0 unspecified atom stereocenters. The Morgan fingerprint density at radius 1 is 1.17 bits per heavy atom. The van der Waals surface area contributed by atoms with Crippen molar-refractivity contribution < 1.29 is 21.6 Å². The zero-order valence-electron chi connectivity index (χ0n) is 18.5. The molecule has 7 nitrogen and oxygen atoms in total. The van der Waals surface area contributed by atoms with Gasteiger partial charge < -0.3 is 10.6 Å². The lowest BCUT2D eigenvalue weighted by atomic mass is 10.1. The lowest BCUT2D eigenvalue weighted by Crippen LogP contribution is -2.51. The molecule has 0 atom stereocenters. The van der Waals surface area contributed by atoms with Crippen LogP contribution < -0.4 is 10.6 Å². The van der Waals surface area contributed by atoms with E-state index in [0.717, 1.165) is 13.0 Å². The maximum Gasteiger partial charge on any atom is 0.511 e. The highest BCUT2D eigenvalue weighted by atomic mass is 127. The standard InChI is InChI=1S/C18H36F3N5O2S.HI/c1-6-22-17(23-10-7-11-26(14(2)3)15(4)5)24-16-8-12-25(13-9-16)29(27,28)18(19,20)21;/h14-16H,6-13H2,1-5H3,(H2,22,23,24);1H. The summed E-state index contributed by atoms with van der Waals surface area (Å²) in [6, 6.07) is 0.808. The van der Waals surface area contributed by atoms with E-state index in [2.05, 4.69) is 48.2 Å². The molecule has 0 aromatic carbocycles. The van der Waals surface area contributed by atoms with Crippen LogP contribution in [-0.2, 0) is 10.0 Å². The monoisotopic (exact) mass is 571 g/mol. The second-order valence-corrected chi connectivity index (χ2v) is 9.74. The van der Waals surface area contributed by atoms with Crippen LogP contribution >= 0.6 is 24.0 Å². The molecule has 1 heterocycles. The van der Waals surface area contributed by atoms with E-state index >= 15 is 0 Å². The van der Waals surface area contributed by atoms with Gasteiger partial charge in [-0.1, -0.05) is 0 Å². The lowest BCUT2D eigenvalue weighted by Gasteiger charge is -2.32. The average Bonchev–Trinajstić information content (AvgIpc) is 2.60. The van der Waals surface area contributed by atoms with Crippen LogP contribution in [0.1, 0.15) is 53.9 Å². The molecule has 12 heteroatoms. The van der Waals surface area contributed by atoms with Gasteiger partial charge in [-0.2, -0.15) is 17.5 Å². The van der Waals surface area contributed by atoms with E-state index in [9.17, 15) is 21.6 Å². The summed E-state index contributed by atoms with van der Waals surface area (Å²) in [5, 5.41) is 6.37. The number of rotatable bonds is 9. The highest BCUT2D eigenvalue weighted by Gasteiger charge is 2.50. The summed E-state index contributed by atoms with van der Waals surface area (Å²) in [6.45, 7) is 12.5. The summed E-state index contributed by atoms with van der Waals surface area (Å²) in [5.74, 6) is 0.616. The van der Waals surface area contributed by atoms with Gasteiger partial charge in [0.05, 0.1) is 0 Å². The van der Waals surface area contributed by atoms with E-state index in [-0.39, 0.29) is 43.1 Å². The van der Waals surface area contributed by atoms with E-state index in [0.29, 0.717) is 48.3 Å². The van der Waals surface area contributed by atoms with Crippen LogP contribution in [0.3, 0.4) is 0 Å². The van der Waals surface area contributed by atoms with Gasteiger partial charge in [0.25, 0.3) is 0 Å². The number of piperidine rings is 1. The molecule has 0 spiro atoms. The number of aliphatic imine (C=N–C) groups is 1. The van der Waals surface area contributed by atoms with Crippen molar-refractivity contribution in [2.24, 2.45) is 4.99 Å². The third-order valence-electron chi connectivity index (χ3n) is 4.94. The maximum absolute atomic E-state index is 12.7. The Morgan fingerprint density at radius 2 is 1.70 bits per heavy atom. The summed E-state index contributed by atoms with van der Waals surface area (Å²) < 4.78 is 61.6. The van der Waals surface area contributed by atoms with Gasteiger partial charge in [0, 0.05) is 50.8 Å². The fourth-order valence-electron chi connectivity index (χ4n) is 3.46. The Labute approximate surface area is 196 Å². The molecule has 1 saturated heterocycles. The zero-order valence-corrected chi connectivity index (χ0v) is 21.6. The second kappa shape index (κ2) is 13.3. The van der Waals surface area contributed by atoms with Crippen molar-refractivity contribution >= 4 is 40.0 Å². The molecule has 0 aliphatic carbocycles. The largest absolute Gasteiger partial charge is 0.511 e. The Bertz CT molecular complexity index is 614. The van der Waals surface area contributed by atoms with Crippen LogP contribution in [-0.4, -0.2) is 79.9 Å².